The zero-order chi connectivity index (χ0) is 15.4. The summed E-state index contributed by atoms with van der Waals surface area (Å²) in [4.78, 5) is 12.2. The van der Waals surface area contributed by atoms with E-state index in [1.54, 1.807) is 18.2 Å². The highest BCUT2D eigenvalue weighted by Gasteiger charge is 2.26. The van der Waals surface area contributed by atoms with Crippen LogP contribution in [0.25, 0.3) is 0 Å². The average molecular weight is 347 g/mol. The van der Waals surface area contributed by atoms with Gasteiger partial charge in [0.15, 0.2) is 5.75 Å². The number of benzene rings is 1. The number of ether oxygens (including phenoxy) is 1. The monoisotopic (exact) mass is 346 g/mol. The maximum Gasteiger partial charge on any atom is 0.224 e. The molecule has 0 aliphatic heterocycles. The summed E-state index contributed by atoms with van der Waals surface area (Å²) in [5.41, 5.74) is 6.63. The molecule has 1 aromatic rings. The summed E-state index contributed by atoms with van der Waals surface area (Å²) < 4.78 is 5.70. The van der Waals surface area contributed by atoms with Gasteiger partial charge in [-0.2, -0.15) is 0 Å². The Bertz CT molecular complexity index is 509. The highest BCUT2D eigenvalue weighted by Crippen LogP contribution is 2.34. The van der Waals surface area contributed by atoms with E-state index < -0.39 is 0 Å². The molecule has 1 saturated carbocycles. The van der Waals surface area contributed by atoms with Crippen molar-refractivity contribution in [3.05, 3.63) is 23.2 Å². The van der Waals surface area contributed by atoms with E-state index in [9.17, 15) is 4.79 Å². The van der Waals surface area contributed by atoms with Gasteiger partial charge in [0, 0.05) is 12.5 Å². The Morgan fingerprint density at radius 3 is 2.77 bits per heavy atom. The highest BCUT2D eigenvalue weighted by atomic mass is 35.5. The van der Waals surface area contributed by atoms with Gasteiger partial charge in [0.05, 0.1) is 16.8 Å². The molecule has 1 fully saturated rings. The van der Waals surface area contributed by atoms with Gasteiger partial charge >= 0.3 is 0 Å². The second kappa shape index (κ2) is 8.61. The maximum atomic E-state index is 12.2. The van der Waals surface area contributed by atoms with Crippen molar-refractivity contribution in [3.63, 3.8) is 0 Å². The molecule has 1 amide bonds. The Kier molecular flexibility index (Phi) is 7.46. The number of nitrogens with two attached hydrogens (primary N) is 1. The third kappa shape index (κ3) is 5.04. The number of halogens is 2. The molecule has 1 aliphatic rings. The topological polar surface area (TPSA) is 64.3 Å². The number of amides is 1. The lowest BCUT2D eigenvalue weighted by atomic mass is 10.00. The second-order valence-electron chi connectivity index (χ2n) is 5.89. The lowest BCUT2D eigenvalue weighted by Gasteiger charge is -2.18. The number of hydrogen-bond acceptors (Lipinski definition) is 3. The van der Waals surface area contributed by atoms with Gasteiger partial charge in [-0.1, -0.05) is 24.1 Å². The zero-order valence-electron chi connectivity index (χ0n) is 13.0. The molecule has 0 unspecified atom stereocenters. The van der Waals surface area contributed by atoms with Crippen molar-refractivity contribution < 1.29 is 9.53 Å². The fraction of sp³-hybridized carbons (Fsp3) is 0.562. The minimum Gasteiger partial charge on any atom is -0.487 e. The molecule has 0 saturated heterocycles. The highest BCUT2D eigenvalue weighted by molar-refractivity contribution is 6.32. The smallest absolute Gasteiger partial charge is 0.224 e. The van der Waals surface area contributed by atoms with E-state index >= 15 is 0 Å². The van der Waals surface area contributed by atoms with Crippen LogP contribution in [0.1, 0.15) is 39.5 Å². The zero-order valence-corrected chi connectivity index (χ0v) is 14.5. The van der Waals surface area contributed by atoms with E-state index in [0.717, 1.165) is 19.3 Å². The maximum absolute atomic E-state index is 12.2. The summed E-state index contributed by atoms with van der Waals surface area (Å²) in [6.45, 7) is 3.85. The number of nitrogens with one attached hydrogen (secondary N) is 1. The minimum absolute atomic E-state index is 0. The molecule has 0 aromatic heterocycles. The molecule has 0 heterocycles. The molecule has 2 rings (SSSR count). The molecule has 124 valence electrons. The molecule has 0 radical (unpaired) electrons. The van der Waals surface area contributed by atoms with Crippen molar-refractivity contribution in [2.75, 3.05) is 5.32 Å². The number of carbonyl (C=O) groups is 1. The van der Waals surface area contributed by atoms with Crippen molar-refractivity contribution in [2.45, 2.75) is 51.7 Å². The van der Waals surface area contributed by atoms with E-state index in [-0.39, 0.29) is 36.4 Å². The normalized spacial score (nSPS) is 20.6. The van der Waals surface area contributed by atoms with Crippen LogP contribution in [0, 0.1) is 5.92 Å². The van der Waals surface area contributed by atoms with E-state index in [2.05, 4.69) is 5.32 Å². The van der Waals surface area contributed by atoms with Crippen LogP contribution >= 0.6 is 24.0 Å². The second-order valence-corrected chi connectivity index (χ2v) is 6.30. The molecule has 6 heteroatoms. The Hall–Kier alpha value is -0.970. The van der Waals surface area contributed by atoms with Gasteiger partial charge in [-0.3, -0.25) is 4.79 Å². The van der Waals surface area contributed by atoms with Gasteiger partial charge in [0.1, 0.15) is 0 Å². The van der Waals surface area contributed by atoms with Crippen LogP contribution in [0.3, 0.4) is 0 Å². The van der Waals surface area contributed by atoms with Crippen LogP contribution in [0.5, 0.6) is 5.75 Å². The number of carbonyl (C=O) groups excluding carboxylic acids is 1. The molecule has 4 nitrogen and oxygen atoms in total. The van der Waals surface area contributed by atoms with E-state index in [4.69, 9.17) is 22.1 Å². The molecule has 1 aliphatic carbocycles. The fourth-order valence-electron chi connectivity index (χ4n) is 2.72. The van der Waals surface area contributed by atoms with Crippen LogP contribution in [0.2, 0.25) is 5.02 Å². The van der Waals surface area contributed by atoms with Crippen LogP contribution in [0.15, 0.2) is 18.2 Å². The van der Waals surface area contributed by atoms with Crippen molar-refractivity contribution in [3.8, 4) is 5.75 Å². The first-order valence-electron chi connectivity index (χ1n) is 7.48. The van der Waals surface area contributed by atoms with E-state index in [1.807, 2.05) is 13.8 Å². The molecule has 0 bridgehead atoms. The average Bonchev–Trinajstić information content (AvgIpc) is 2.79. The van der Waals surface area contributed by atoms with Crippen molar-refractivity contribution in [2.24, 2.45) is 11.7 Å². The molecular weight excluding hydrogens is 323 g/mol. The number of para-hydroxylation sites is 1. The predicted molar refractivity (Wildman–Crippen MR) is 93.0 cm³/mol. The SMILES string of the molecule is CC(C)Oc1c(Cl)cccc1NC(=O)C[C@@H]1CCC[C@H]1N.Cl. The van der Waals surface area contributed by atoms with Gasteiger partial charge in [0.25, 0.3) is 0 Å². The lowest BCUT2D eigenvalue weighted by Crippen LogP contribution is -2.28. The first-order chi connectivity index (χ1) is 9.97. The summed E-state index contributed by atoms with van der Waals surface area (Å²) in [5.74, 6) is 0.769. The van der Waals surface area contributed by atoms with E-state index in [0.29, 0.717) is 22.9 Å². The first kappa shape index (κ1) is 19.1. The van der Waals surface area contributed by atoms with Gasteiger partial charge in [-0.15, -0.1) is 12.4 Å². The van der Waals surface area contributed by atoms with Gasteiger partial charge in [-0.25, -0.2) is 0 Å². The van der Waals surface area contributed by atoms with Crippen molar-refractivity contribution in [1.29, 1.82) is 0 Å². The summed E-state index contributed by atoms with van der Waals surface area (Å²) in [6.07, 6.45) is 3.59. The van der Waals surface area contributed by atoms with Gasteiger partial charge in [-0.05, 0) is 44.7 Å². The summed E-state index contributed by atoms with van der Waals surface area (Å²) >= 11 is 6.15. The molecule has 2 atom stereocenters. The van der Waals surface area contributed by atoms with Crippen molar-refractivity contribution in [1.82, 2.24) is 0 Å². The molecular formula is C16H24Cl2N2O2. The molecule has 3 N–H and O–H groups in total. The quantitative estimate of drug-likeness (QED) is 0.846. The Morgan fingerprint density at radius 1 is 1.45 bits per heavy atom. The van der Waals surface area contributed by atoms with Gasteiger partial charge < -0.3 is 15.8 Å². The third-order valence-corrected chi connectivity index (χ3v) is 4.06. The van der Waals surface area contributed by atoms with Crippen LogP contribution in [-0.4, -0.2) is 18.1 Å². The van der Waals surface area contributed by atoms with E-state index in [1.165, 1.54) is 0 Å². The molecule has 22 heavy (non-hydrogen) atoms. The number of rotatable bonds is 5. The lowest BCUT2D eigenvalue weighted by molar-refractivity contribution is -0.117. The number of anilines is 1. The van der Waals surface area contributed by atoms with Gasteiger partial charge in [0.2, 0.25) is 5.91 Å². The third-order valence-electron chi connectivity index (χ3n) is 3.76. The first-order valence-corrected chi connectivity index (χ1v) is 7.85. The summed E-state index contributed by atoms with van der Waals surface area (Å²) in [5, 5.41) is 3.40. The van der Waals surface area contributed by atoms with Crippen LogP contribution in [0.4, 0.5) is 5.69 Å². The minimum atomic E-state index is -0.0341. The number of hydrogen-bond donors (Lipinski definition) is 2. The summed E-state index contributed by atoms with van der Waals surface area (Å²) in [7, 11) is 0. The fourth-order valence-corrected chi connectivity index (χ4v) is 2.94. The van der Waals surface area contributed by atoms with Crippen LogP contribution < -0.4 is 15.8 Å². The van der Waals surface area contributed by atoms with Crippen LogP contribution in [-0.2, 0) is 4.79 Å². The predicted octanol–water partition coefficient (Wildman–Crippen LogP) is 4.01. The summed E-state index contributed by atoms with van der Waals surface area (Å²) in [6, 6.07) is 5.49. The standard InChI is InChI=1S/C16H23ClN2O2.ClH/c1-10(2)21-16-12(17)6-4-8-14(16)19-15(20)9-11-5-3-7-13(11)18;/h4,6,8,10-11,13H,3,5,7,9,18H2,1-2H3,(H,19,20);1H/t11-,13+;/m0./s1. The largest absolute Gasteiger partial charge is 0.487 e. The van der Waals surface area contributed by atoms with Crippen molar-refractivity contribution >= 4 is 35.6 Å². The molecule has 0 spiro atoms. The Labute approximate surface area is 143 Å². The Morgan fingerprint density at radius 2 is 2.18 bits per heavy atom. The molecule has 1 aromatic carbocycles. The Balaban J connectivity index is 0.00000242.